The Morgan fingerprint density at radius 1 is 1.69 bits per heavy atom. The SMILES string of the molecule is Cc1cn(CC(=N)N)c(=O)[nH]c1=O. The van der Waals surface area contributed by atoms with E-state index in [1.165, 1.54) is 10.8 Å². The van der Waals surface area contributed by atoms with E-state index in [2.05, 4.69) is 4.98 Å². The molecule has 0 atom stereocenters. The summed E-state index contributed by atoms with van der Waals surface area (Å²) in [6, 6.07) is 0. The summed E-state index contributed by atoms with van der Waals surface area (Å²) < 4.78 is 1.18. The predicted octanol–water partition coefficient (Wildman–Crippen LogP) is -1.22. The van der Waals surface area contributed by atoms with Crippen LogP contribution in [0.3, 0.4) is 0 Å². The van der Waals surface area contributed by atoms with Crippen molar-refractivity contribution < 1.29 is 0 Å². The third kappa shape index (κ3) is 2.05. The topological polar surface area (TPSA) is 105 Å². The molecule has 1 aromatic heterocycles. The van der Waals surface area contributed by atoms with Crippen molar-refractivity contribution >= 4 is 5.84 Å². The van der Waals surface area contributed by atoms with E-state index in [-0.39, 0.29) is 12.4 Å². The van der Waals surface area contributed by atoms with Gasteiger partial charge in [0, 0.05) is 11.8 Å². The van der Waals surface area contributed by atoms with Gasteiger partial charge in [0.15, 0.2) is 0 Å². The van der Waals surface area contributed by atoms with E-state index in [1.807, 2.05) is 0 Å². The largest absolute Gasteiger partial charge is 0.386 e. The monoisotopic (exact) mass is 182 g/mol. The molecule has 13 heavy (non-hydrogen) atoms. The molecule has 0 bridgehead atoms. The van der Waals surface area contributed by atoms with E-state index < -0.39 is 11.2 Å². The maximum Gasteiger partial charge on any atom is 0.328 e. The molecular formula is C7H10N4O2. The van der Waals surface area contributed by atoms with E-state index >= 15 is 0 Å². The van der Waals surface area contributed by atoms with Gasteiger partial charge in [-0.05, 0) is 6.92 Å². The molecule has 0 saturated carbocycles. The number of aromatic nitrogens is 2. The lowest BCUT2D eigenvalue weighted by Crippen LogP contribution is -2.34. The number of nitrogens with one attached hydrogen (secondary N) is 2. The quantitative estimate of drug-likeness (QED) is 0.394. The first-order valence-corrected chi connectivity index (χ1v) is 3.64. The summed E-state index contributed by atoms with van der Waals surface area (Å²) >= 11 is 0. The van der Waals surface area contributed by atoms with Gasteiger partial charge in [0.05, 0.1) is 6.54 Å². The minimum atomic E-state index is -0.550. The van der Waals surface area contributed by atoms with Gasteiger partial charge < -0.3 is 5.73 Å². The van der Waals surface area contributed by atoms with Crippen LogP contribution in [0.15, 0.2) is 15.8 Å². The van der Waals surface area contributed by atoms with Crippen LogP contribution in [0, 0.1) is 12.3 Å². The highest BCUT2D eigenvalue weighted by molar-refractivity contribution is 5.76. The Labute approximate surface area is 73.5 Å². The van der Waals surface area contributed by atoms with Crippen molar-refractivity contribution in [2.24, 2.45) is 5.73 Å². The summed E-state index contributed by atoms with van der Waals surface area (Å²) in [5.74, 6) is -0.131. The Balaban J connectivity index is 3.24. The highest BCUT2D eigenvalue weighted by atomic mass is 16.2. The van der Waals surface area contributed by atoms with Crippen LogP contribution in [0.1, 0.15) is 5.56 Å². The van der Waals surface area contributed by atoms with Crippen LogP contribution in [0.25, 0.3) is 0 Å². The minimum absolute atomic E-state index is 0.00352. The molecule has 0 unspecified atom stereocenters. The van der Waals surface area contributed by atoms with Crippen LogP contribution in [-0.2, 0) is 6.54 Å². The van der Waals surface area contributed by atoms with Gasteiger partial charge in [-0.25, -0.2) is 4.79 Å². The number of hydrogen-bond acceptors (Lipinski definition) is 3. The molecule has 0 fully saturated rings. The number of aryl methyl sites for hydroxylation is 1. The van der Waals surface area contributed by atoms with Crippen molar-refractivity contribution in [3.63, 3.8) is 0 Å². The van der Waals surface area contributed by atoms with E-state index in [1.54, 1.807) is 6.92 Å². The molecule has 0 aliphatic heterocycles. The van der Waals surface area contributed by atoms with Crippen LogP contribution in [-0.4, -0.2) is 15.4 Å². The predicted molar refractivity (Wildman–Crippen MR) is 48.0 cm³/mol. The number of nitrogens with zero attached hydrogens (tertiary/aromatic N) is 1. The fourth-order valence-electron chi connectivity index (χ4n) is 0.919. The Bertz CT molecular complexity index is 443. The van der Waals surface area contributed by atoms with Gasteiger partial charge in [-0.2, -0.15) is 0 Å². The Hall–Kier alpha value is -1.85. The zero-order chi connectivity index (χ0) is 10.0. The van der Waals surface area contributed by atoms with Crippen LogP contribution in [0.4, 0.5) is 0 Å². The van der Waals surface area contributed by atoms with Crippen LogP contribution in [0.2, 0.25) is 0 Å². The first-order chi connectivity index (χ1) is 6.00. The number of hydrogen-bond donors (Lipinski definition) is 3. The number of amidine groups is 1. The zero-order valence-corrected chi connectivity index (χ0v) is 7.13. The maximum atomic E-state index is 11.1. The third-order valence-electron chi connectivity index (χ3n) is 1.53. The van der Waals surface area contributed by atoms with Gasteiger partial charge in [0.1, 0.15) is 5.84 Å². The molecule has 4 N–H and O–H groups in total. The lowest BCUT2D eigenvalue weighted by molar-refractivity contribution is 0.743. The molecule has 0 amide bonds. The normalized spacial score (nSPS) is 9.92. The Morgan fingerprint density at radius 2 is 2.31 bits per heavy atom. The van der Waals surface area contributed by atoms with E-state index in [0.29, 0.717) is 5.56 Å². The molecule has 0 aliphatic carbocycles. The summed E-state index contributed by atoms with van der Waals surface area (Å²) in [5.41, 5.74) is 4.57. The fraction of sp³-hybridized carbons (Fsp3) is 0.286. The van der Waals surface area contributed by atoms with Gasteiger partial charge in [0.25, 0.3) is 5.56 Å². The lowest BCUT2D eigenvalue weighted by Gasteiger charge is -2.03. The molecule has 0 radical (unpaired) electrons. The van der Waals surface area contributed by atoms with Gasteiger partial charge >= 0.3 is 5.69 Å². The molecule has 1 rings (SSSR count). The number of aromatic amines is 1. The maximum absolute atomic E-state index is 11.1. The molecule has 6 nitrogen and oxygen atoms in total. The second kappa shape index (κ2) is 3.26. The molecule has 1 heterocycles. The van der Waals surface area contributed by atoms with Crippen molar-refractivity contribution in [2.75, 3.05) is 0 Å². The fourth-order valence-corrected chi connectivity index (χ4v) is 0.919. The first kappa shape index (κ1) is 9.24. The summed E-state index contributed by atoms with van der Waals surface area (Å²) in [7, 11) is 0. The second-order valence-corrected chi connectivity index (χ2v) is 2.72. The molecule has 0 saturated heterocycles. The average Bonchev–Trinajstić information content (AvgIpc) is 1.99. The molecule has 0 aliphatic rings. The molecule has 70 valence electrons. The number of rotatable bonds is 2. The molecule has 0 aromatic carbocycles. The van der Waals surface area contributed by atoms with E-state index in [9.17, 15) is 9.59 Å². The van der Waals surface area contributed by atoms with Gasteiger partial charge in [0.2, 0.25) is 0 Å². The molecule has 1 aromatic rings. The van der Waals surface area contributed by atoms with Crippen molar-refractivity contribution in [1.29, 1.82) is 5.41 Å². The first-order valence-electron chi connectivity index (χ1n) is 3.64. The third-order valence-corrected chi connectivity index (χ3v) is 1.53. The second-order valence-electron chi connectivity index (χ2n) is 2.72. The Morgan fingerprint density at radius 3 is 2.85 bits per heavy atom. The summed E-state index contributed by atoms with van der Waals surface area (Å²) in [6.07, 6.45) is 1.38. The van der Waals surface area contributed by atoms with Crippen LogP contribution < -0.4 is 17.0 Å². The van der Waals surface area contributed by atoms with E-state index in [4.69, 9.17) is 11.1 Å². The van der Waals surface area contributed by atoms with Crippen molar-refractivity contribution in [2.45, 2.75) is 13.5 Å². The van der Waals surface area contributed by atoms with E-state index in [0.717, 1.165) is 0 Å². The van der Waals surface area contributed by atoms with Gasteiger partial charge in [-0.3, -0.25) is 19.8 Å². The molecular weight excluding hydrogens is 172 g/mol. The minimum Gasteiger partial charge on any atom is -0.386 e. The highest BCUT2D eigenvalue weighted by Crippen LogP contribution is 1.83. The number of nitrogens with two attached hydrogens (primary N) is 1. The summed E-state index contributed by atoms with van der Waals surface area (Å²) in [5, 5.41) is 6.98. The smallest absolute Gasteiger partial charge is 0.328 e. The van der Waals surface area contributed by atoms with Crippen molar-refractivity contribution in [3.05, 3.63) is 32.6 Å². The highest BCUT2D eigenvalue weighted by Gasteiger charge is 2.00. The summed E-state index contributed by atoms with van der Waals surface area (Å²) in [4.78, 5) is 24.1. The molecule has 6 heteroatoms. The van der Waals surface area contributed by atoms with Gasteiger partial charge in [-0.1, -0.05) is 0 Å². The van der Waals surface area contributed by atoms with Crippen molar-refractivity contribution in [1.82, 2.24) is 9.55 Å². The average molecular weight is 182 g/mol. The Kier molecular flexibility index (Phi) is 2.32. The summed E-state index contributed by atoms with van der Waals surface area (Å²) in [6.45, 7) is 1.57. The van der Waals surface area contributed by atoms with Gasteiger partial charge in [-0.15, -0.1) is 0 Å². The zero-order valence-electron chi connectivity index (χ0n) is 7.13. The number of H-pyrrole nitrogens is 1. The standard InChI is InChI=1S/C7H10N4O2/c1-4-2-11(3-5(8)9)7(13)10-6(4)12/h2H,3H2,1H3,(H3,8,9)(H,10,12,13). The molecule has 0 spiro atoms. The van der Waals surface area contributed by atoms with Crippen LogP contribution in [0.5, 0.6) is 0 Å². The van der Waals surface area contributed by atoms with Crippen LogP contribution >= 0.6 is 0 Å². The van der Waals surface area contributed by atoms with Crippen molar-refractivity contribution in [3.8, 4) is 0 Å². The lowest BCUT2D eigenvalue weighted by atomic mass is 10.4.